The van der Waals surface area contributed by atoms with Crippen molar-refractivity contribution < 1.29 is 9.53 Å². The monoisotopic (exact) mass is 396 g/mol. The molecule has 1 unspecified atom stereocenters. The molecule has 3 aromatic rings. The molecule has 0 spiro atoms. The Balaban J connectivity index is 1.43. The number of carbonyl (C=O) groups is 1. The Labute approximate surface area is 170 Å². The molecule has 8 heteroatoms. The predicted molar refractivity (Wildman–Crippen MR) is 113 cm³/mol. The second kappa shape index (κ2) is 8.77. The highest BCUT2D eigenvalue weighted by Gasteiger charge is 2.20. The van der Waals surface area contributed by atoms with Crippen LogP contribution in [0.15, 0.2) is 42.9 Å². The Bertz CT molecular complexity index is 973. The molecule has 0 aliphatic carbocycles. The Morgan fingerprint density at radius 2 is 2.07 bits per heavy atom. The van der Waals surface area contributed by atoms with Crippen molar-refractivity contribution in [3.05, 3.63) is 48.4 Å². The summed E-state index contributed by atoms with van der Waals surface area (Å²) in [5, 5.41) is 11.3. The molecule has 0 saturated carbocycles. The van der Waals surface area contributed by atoms with Gasteiger partial charge in [0.15, 0.2) is 0 Å². The van der Waals surface area contributed by atoms with Gasteiger partial charge in [-0.3, -0.25) is 14.4 Å². The van der Waals surface area contributed by atoms with Crippen molar-refractivity contribution in [2.75, 3.05) is 45.2 Å². The smallest absolute Gasteiger partial charge is 0.246 e. The Morgan fingerprint density at radius 1 is 1.24 bits per heavy atom. The average molecular weight is 396 g/mol. The summed E-state index contributed by atoms with van der Waals surface area (Å²) < 4.78 is 9.37. The average Bonchev–Trinajstić information content (AvgIpc) is 3.33. The van der Waals surface area contributed by atoms with Crippen LogP contribution in [0.4, 0.5) is 5.69 Å². The van der Waals surface area contributed by atoms with E-state index in [2.05, 4.69) is 43.5 Å². The van der Waals surface area contributed by atoms with Gasteiger partial charge in [-0.05, 0) is 31.3 Å². The van der Waals surface area contributed by atoms with Crippen LogP contribution in [0.25, 0.3) is 10.9 Å². The lowest BCUT2D eigenvalue weighted by atomic mass is 10.1. The molecule has 3 heterocycles. The lowest BCUT2D eigenvalue weighted by Crippen LogP contribution is -2.38. The maximum atomic E-state index is 12.7. The summed E-state index contributed by atoms with van der Waals surface area (Å²) in [6.07, 6.45) is 5.67. The number of benzene rings is 1. The van der Waals surface area contributed by atoms with Gasteiger partial charge in [-0.2, -0.15) is 5.10 Å². The summed E-state index contributed by atoms with van der Waals surface area (Å²) >= 11 is 0. The highest BCUT2D eigenvalue weighted by Crippen LogP contribution is 2.22. The molecule has 1 aliphatic heterocycles. The summed E-state index contributed by atoms with van der Waals surface area (Å²) in [6.45, 7) is 5.60. The predicted octanol–water partition coefficient (Wildman–Crippen LogP) is 1.61. The first kappa shape index (κ1) is 19.6. The SMILES string of the molecule is CNC(C(=O)Nc1ccc2c(ccn2CCN2CCOCC2)c1)c1cnn(C)c1. The number of anilines is 1. The Kier molecular flexibility index (Phi) is 5.94. The second-order valence-electron chi connectivity index (χ2n) is 7.40. The maximum absolute atomic E-state index is 12.7. The van der Waals surface area contributed by atoms with Crippen LogP contribution in [0.2, 0.25) is 0 Å². The minimum absolute atomic E-state index is 0.105. The summed E-state index contributed by atoms with van der Waals surface area (Å²) in [6, 6.07) is 7.71. The van der Waals surface area contributed by atoms with Crippen LogP contribution in [0.5, 0.6) is 0 Å². The van der Waals surface area contributed by atoms with Crippen LogP contribution in [0.1, 0.15) is 11.6 Å². The molecule has 1 saturated heterocycles. The third kappa shape index (κ3) is 4.50. The fourth-order valence-corrected chi connectivity index (χ4v) is 3.80. The summed E-state index contributed by atoms with van der Waals surface area (Å²) in [5.41, 5.74) is 2.80. The number of carbonyl (C=O) groups excluding carboxylic acids is 1. The lowest BCUT2D eigenvalue weighted by Gasteiger charge is -2.26. The highest BCUT2D eigenvalue weighted by atomic mass is 16.5. The molecular formula is C21H28N6O2. The van der Waals surface area contributed by atoms with Gasteiger partial charge in [0.1, 0.15) is 6.04 Å². The zero-order chi connectivity index (χ0) is 20.2. The first-order valence-corrected chi connectivity index (χ1v) is 10.00. The molecule has 154 valence electrons. The van der Waals surface area contributed by atoms with Gasteiger partial charge in [-0.1, -0.05) is 0 Å². The normalized spacial score (nSPS) is 16.2. The van der Waals surface area contributed by atoms with Crippen molar-refractivity contribution in [2.45, 2.75) is 12.6 Å². The van der Waals surface area contributed by atoms with Crippen molar-refractivity contribution in [1.29, 1.82) is 0 Å². The van der Waals surface area contributed by atoms with E-state index in [4.69, 9.17) is 4.74 Å². The first-order chi connectivity index (χ1) is 14.1. The number of likely N-dealkylation sites (N-methyl/N-ethyl adjacent to an activating group) is 1. The number of fused-ring (bicyclic) bond motifs is 1. The molecule has 0 bridgehead atoms. The quantitative estimate of drug-likeness (QED) is 0.635. The molecule has 8 nitrogen and oxygen atoms in total. The topological polar surface area (TPSA) is 76.3 Å². The molecule has 1 fully saturated rings. The van der Waals surface area contributed by atoms with Crippen LogP contribution in [0, 0.1) is 0 Å². The molecule has 1 amide bonds. The molecule has 2 N–H and O–H groups in total. The fraction of sp³-hybridized carbons (Fsp3) is 0.429. The number of aromatic nitrogens is 3. The molecule has 0 radical (unpaired) electrons. The highest BCUT2D eigenvalue weighted by molar-refractivity contribution is 5.97. The number of morpholine rings is 1. The van der Waals surface area contributed by atoms with E-state index in [0.717, 1.165) is 56.0 Å². The van der Waals surface area contributed by atoms with Crippen LogP contribution < -0.4 is 10.6 Å². The third-order valence-corrected chi connectivity index (χ3v) is 5.41. The van der Waals surface area contributed by atoms with Gasteiger partial charge in [0.25, 0.3) is 0 Å². The number of nitrogens with zero attached hydrogens (tertiary/aromatic N) is 4. The summed E-state index contributed by atoms with van der Waals surface area (Å²) in [4.78, 5) is 15.2. The van der Waals surface area contributed by atoms with Gasteiger partial charge in [-0.15, -0.1) is 0 Å². The van der Waals surface area contributed by atoms with Crippen molar-refractivity contribution in [3.63, 3.8) is 0 Å². The van der Waals surface area contributed by atoms with Crippen LogP contribution in [-0.4, -0.2) is 65.1 Å². The zero-order valence-corrected chi connectivity index (χ0v) is 17.0. The van der Waals surface area contributed by atoms with Gasteiger partial charge in [0.05, 0.1) is 19.4 Å². The number of amides is 1. The number of nitrogens with one attached hydrogen (secondary N) is 2. The van der Waals surface area contributed by atoms with Crippen molar-refractivity contribution >= 4 is 22.5 Å². The maximum Gasteiger partial charge on any atom is 0.246 e. The zero-order valence-electron chi connectivity index (χ0n) is 17.0. The summed E-state index contributed by atoms with van der Waals surface area (Å²) in [7, 11) is 3.61. The molecule has 2 aromatic heterocycles. The third-order valence-electron chi connectivity index (χ3n) is 5.41. The van der Waals surface area contributed by atoms with Gasteiger partial charge < -0.3 is 19.9 Å². The number of rotatable bonds is 7. The minimum Gasteiger partial charge on any atom is -0.379 e. The largest absolute Gasteiger partial charge is 0.379 e. The van der Waals surface area contributed by atoms with Crippen LogP contribution in [-0.2, 0) is 23.1 Å². The van der Waals surface area contributed by atoms with Crippen LogP contribution in [0.3, 0.4) is 0 Å². The van der Waals surface area contributed by atoms with E-state index >= 15 is 0 Å². The van der Waals surface area contributed by atoms with Crippen molar-refractivity contribution in [2.24, 2.45) is 7.05 Å². The molecule has 29 heavy (non-hydrogen) atoms. The van der Waals surface area contributed by atoms with E-state index < -0.39 is 6.04 Å². The number of hydrogen-bond donors (Lipinski definition) is 2. The van der Waals surface area contributed by atoms with E-state index in [1.54, 1.807) is 17.9 Å². The number of aryl methyl sites for hydroxylation is 1. The van der Waals surface area contributed by atoms with Gasteiger partial charge in [-0.25, -0.2) is 0 Å². The standard InChI is InChI=1S/C21H28N6O2/c1-22-20(17-14-23-25(2)15-17)21(28)24-18-3-4-19-16(13-18)5-6-27(19)8-7-26-9-11-29-12-10-26/h3-6,13-15,20,22H,7-12H2,1-2H3,(H,24,28). The van der Waals surface area contributed by atoms with Gasteiger partial charge in [0.2, 0.25) is 5.91 Å². The van der Waals surface area contributed by atoms with Crippen molar-refractivity contribution in [1.82, 2.24) is 24.6 Å². The minimum atomic E-state index is -0.447. The van der Waals surface area contributed by atoms with E-state index in [1.807, 2.05) is 25.4 Å². The molecule has 1 atom stereocenters. The lowest BCUT2D eigenvalue weighted by molar-refractivity contribution is -0.118. The van der Waals surface area contributed by atoms with E-state index in [9.17, 15) is 4.79 Å². The fourth-order valence-electron chi connectivity index (χ4n) is 3.80. The van der Waals surface area contributed by atoms with E-state index in [-0.39, 0.29) is 5.91 Å². The van der Waals surface area contributed by atoms with Gasteiger partial charge in [0, 0.05) is 67.8 Å². The second-order valence-corrected chi connectivity index (χ2v) is 7.40. The number of hydrogen-bond acceptors (Lipinski definition) is 5. The van der Waals surface area contributed by atoms with Crippen LogP contribution >= 0.6 is 0 Å². The van der Waals surface area contributed by atoms with E-state index in [1.165, 1.54) is 5.52 Å². The van der Waals surface area contributed by atoms with E-state index in [0.29, 0.717) is 0 Å². The van der Waals surface area contributed by atoms with Gasteiger partial charge >= 0.3 is 0 Å². The molecular weight excluding hydrogens is 368 g/mol. The van der Waals surface area contributed by atoms with Crippen molar-refractivity contribution in [3.8, 4) is 0 Å². The Hall–Kier alpha value is -2.68. The Morgan fingerprint density at radius 3 is 2.79 bits per heavy atom. The number of ether oxygens (including phenoxy) is 1. The molecule has 1 aromatic carbocycles. The first-order valence-electron chi connectivity index (χ1n) is 10.00. The molecule has 4 rings (SSSR count). The molecule has 1 aliphatic rings. The summed E-state index contributed by atoms with van der Waals surface area (Å²) in [5.74, 6) is -0.105.